The number of furan rings is 4. The number of fused-ring (bicyclic) bond motifs is 21. The summed E-state index contributed by atoms with van der Waals surface area (Å²) >= 11 is 0. The van der Waals surface area contributed by atoms with E-state index in [1.807, 2.05) is 299 Å². The summed E-state index contributed by atoms with van der Waals surface area (Å²) in [5, 5.41) is 13.6. The van der Waals surface area contributed by atoms with Crippen LogP contribution in [0.1, 0.15) is 44.0 Å². The molecule has 0 saturated carbocycles. The predicted molar refractivity (Wildman–Crippen MR) is 610 cm³/mol. The van der Waals surface area contributed by atoms with Crippen molar-refractivity contribution in [2.75, 3.05) is 0 Å². The number of benzene rings is 26. The van der Waals surface area contributed by atoms with E-state index in [9.17, 15) is 16.4 Å². The average Bonchev–Trinajstić information content (AvgIpc) is 1.20. The summed E-state index contributed by atoms with van der Waals surface area (Å²) < 4.78 is 247. The van der Waals surface area contributed by atoms with Crippen LogP contribution in [-0.4, -0.2) is 0 Å². The van der Waals surface area contributed by atoms with Crippen molar-refractivity contribution in [3.05, 3.63) is 508 Å². The molecule has 0 fully saturated rings. The molecule has 4 heterocycles. The molecule has 4 aromatic heterocycles. The first-order chi connectivity index (χ1) is 81.3. The van der Waals surface area contributed by atoms with Crippen molar-refractivity contribution in [3.63, 3.8) is 0 Å². The Hall–Kier alpha value is -18.7. The van der Waals surface area contributed by atoms with Crippen LogP contribution in [0.5, 0.6) is 0 Å². The van der Waals surface area contributed by atoms with Gasteiger partial charge in [-0.15, -0.1) is 0 Å². The third kappa shape index (κ3) is 13.6. The van der Waals surface area contributed by atoms with Crippen molar-refractivity contribution in [1.29, 1.82) is 0 Å². The monoisotopic (exact) mass is 1860 g/mol. The van der Waals surface area contributed by atoms with Gasteiger partial charge in [-0.2, -0.15) is 0 Å². The highest BCUT2D eigenvalue weighted by Gasteiger charge is 2.29. The molecule has 4 heteroatoms. The molecule has 30 aromatic rings. The Balaban J connectivity index is 0.000000118. The fraction of sp³-hybridized carbons (Fsp3) is 0.0143. The lowest BCUT2D eigenvalue weighted by Crippen LogP contribution is -1.94. The third-order valence-corrected chi connectivity index (χ3v) is 28.2. The fourth-order valence-corrected chi connectivity index (χ4v) is 22.2. The minimum atomic E-state index is -0.451. The lowest BCUT2D eigenvalue weighted by molar-refractivity contribution is 0.668. The molecule has 30 rings (SSSR count). The Morgan fingerprint density at radius 1 is 0.153 bits per heavy atom. The Bertz CT molecular complexity index is 11900. The minimum absolute atomic E-state index is 0.150. The highest BCUT2D eigenvalue weighted by molar-refractivity contribution is 6.31. The molecule has 0 bridgehead atoms. The summed E-state index contributed by atoms with van der Waals surface area (Å²) in [6.07, 6.45) is 0. The molecule has 0 aliphatic carbocycles. The summed E-state index contributed by atoms with van der Waals surface area (Å²) in [7, 11) is 0. The van der Waals surface area contributed by atoms with Crippen molar-refractivity contribution < 1.29 is 50.6 Å². The van der Waals surface area contributed by atoms with E-state index in [1.165, 1.54) is 0 Å². The van der Waals surface area contributed by atoms with Crippen LogP contribution in [0.4, 0.5) is 0 Å². The van der Waals surface area contributed by atoms with Gasteiger partial charge in [0.25, 0.3) is 0 Å². The summed E-state index contributed by atoms with van der Waals surface area (Å²) in [4.78, 5) is 0. The Morgan fingerprint density at radius 3 is 0.924 bits per heavy atom. The van der Waals surface area contributed by atoms with Crippen LogP contribution >= 0.6 is 0 Å². The van der Waals surface area contributed by atoms with E-state index >= 15 is 0 Å². The van der Waals surface area contributed by atoms with E-state index in [0.29, 0.717) is 106 Å². The second-order valence-corrected chi connectivity index (χ2v) is 36.4. The molecule has 144 heavy (non-hydrogen) atoms. The van der Waals surface area contributed by atoms with Crippen LogP contribution in [0.3, 0.4) is 0 Å². The lowest BCUT2D eigenvalue weighted by atomic mass is 9.82. The third-order valence-electron chi connectivity index (χ3n) is 28.2. The van der Waals surface area contributed by atoms with Gasteiger partial charge < -0.3 is 17.7 Å². The zero-order valence-corrected chi connectivity index (χ0v) is 77.1. The van der Waals surface area contributed by atoms with Crippen molar-refractivity contribution >= 4 is 185 Å². The minimum Gasteiger partial charge on any atom is -0.456 e. The highest BCUT2D eigenvalue weighted by Crippen LogP contribution is 2.56. The Labute approximate surface area is 863 Å². The van der Waals surface area contributed by atoms with Gasteiger partial charge in [0.05, 0.1) is 32.9 Å². The molecule has 4 nitrogen and oxygen atoms in total. The second-order valence-electron chi connectivity index (χ2n) is 36.4. The first-order valence-corrected chi connectivity index (χ1v) is 47.6. The van der Waals surface area contributed by atoms with Crippen molar-refractivity contribution in [3.8, 4) is 111 Å². The Morgan fingerprint density at radius 2 is 0.465 bits per heavy atom. The summed E-state index contributed by atoms with van der Waals surface area (Å²) in [5.41, 5.74) is 19.0. The van der Waals surface area contributed by atoms with Crippen LogP contribution in [0.25, 0.3) is 296 Å². The molecule has 0 aliphatic rings. The Kier molecular flexibility index (Phi) is 14.7. The number of aryl methyl sites for hydroxylation is 2. The standard InChI is InChI=1S/C52H32O.C48H28O2.C40H28O/c1-2-15-33(16-3-1)37-29-30-40(39-21-7-6-20-38(37)39)47-31-35(32-48-41-22-12-13-28-49(41)53-52(47)48)50-43-23-8-10-25-45(43)51(46-26-11-9-24-44(46)50)42-27-14-18-34-17-4-5-19-36(34)42;1-2-15-31-29(13-1)14-11-22-33(31)46-36-19-5-3-17-34(36)45(35-18-4-6-20-37(35)46)30-27-40-32-16-7-9-24-42(32)50-48(40)41(28-30)38-23-12-26-44-47(38)39-21-8-10-25-43(39)49-44;1-25-22-26(2)24-28(23-25)29-20-21-36-39(34-18-10-11-19-35(34)41-36)40(29)38-32-16-8-6-14-30(32)37(27-12-4-3-5-13-27)31-15-7-9-17-33(31)38/h1-32H;1-28H;3-24H,1-2H3/i8D,9D,10D,11D,23D,24D,25D,26D;3D,4D,5D,6D,17D,18D,19D,20D;6D,7D,8D,9D,14D,15D,16D,17D. The second kappa shape index (κ2) is 34.1. The van der Waals surface area contributed by atoms with E-state index in [2.05, 4.69) is 42.5 Å². The molecule has 672 valence electrons. The van der Waals surface area contributed by atoms with Gasteiger partial charge in [0.15, 0.2) is 0 Å². The van der Waals surface area contributed by atoms with Gasteiger partial charge in [0, 0.05) is 59.8 Å². The fourth-order valence-electron chi connectivity index (χ4n) is 22.2. The van der Waals surface area contributed by atoms with Gasteiger partial charge in [0.2, 0.25) is 0 Å². The van der Waals surface area contributed by atoms with Crippen molar-refractivity contribution in [2.45, 2.75) is 13.8 Å². The van der Waals surface area contributed by atoms with Crippen LogP contribution in [0.2, 0.25) is 0 Å². The number of hydrogen-bond donors (Lipinski definition) is 0. The van der Waals surface area contributed by atoms with Gasteiger partial charge >= 0.3 is 0 Å². The maximum atomic E-state index is 9.63. The zero-order chi connectivity index (χ0) is 116. The van der Waals surface area contributed by atoms with Crippen LogP contribution in [-0.2, 0) is 0 Å². The van der Waals surface area contributed by atoms with Crippen molar-refractivity contribution in [1.82, 2.24) is 0 Å². The summed E-state index contributed by atoms with van der Waals surface area (Å²) in [6.45, 7) is 4.02. The molecule has 0 saturated heterocycles. The van der Waals surface area contributed by atoms with Gasteiger partial charge in [0.1, 0.15) is 44.7 Å². The van der Waals surface area contributed by atoms with Crippen molar-refractivity contribution in [2.24, 2.45) is 0 Å². The maximum Gasteiger partial charge on any atom is 0.143 e. The average molecular weight is 1860 g/mol. The largest absolute Gasteiger partial charge is 0.456 e. The molecule has 0 aliphatic heterocycles. The molecule has 0 spiro atoms. The topological polar surface area (TPSA) is 52.6 Å². The van der Waals surface area contributed by atoms with Gasteiger partial charge in [-0.05, 0) is 266 Å². The quantitative estimate of drug-likeness (QED) is 0.128. The molecule has 0 radical (unpaired) electrons. The molecule has 26 aromatic carbocycles. The summed E-state index contributed by atoms with van der Waals surface area (Å²) in [6, 6.07) is 104. The predicted octanol–water partition coefficient (Wildman–Crippen LogP) is 40.3. The first kappa shape index (κ1) is 62.3. The molecular formula is C140H88O4. The molecule has 0 atom stereocenters. The first-order valence-electron chi connectivity index (χ1n) is 59.6. The highest BCUT2D eigenvalue weighted by atomic mass is 16.3. The summed E-state index contributed by atoms with van der Waals surface area (Å²) in [5.74, 6) is 0. The lowest BCUT2D eigenvalue weighted by Gasteiger charge is -2.20. The molecular weight excluding hydrogens is 1750 g/mol. The maximum absolute atomic E-state index is 9.63. The van der Waals surface area contributed by atoms with Crippen LogP contribution in [0, 0.1) is 13.8 Å². The van der Waals surface area contributed by atoms with Gasteiger partial charge in [-0.3, -0.25) is 0 Å². The van der Waals surface area contributed by atoms with E-state index in [0.717, 1.165) is 126 Å². The van der Waals surface area contributed by atoms with E-state index in [1.54, 1.807) is 24.3 Å². The number of para-hydroxylation sites is 4. The van der Waals surface area contributed by atoms with Gasteiger partial charge in [-0.25, -0.2) is 0 Å². The van der Waals surface area contributed by atoms with E-state index in [-0.39, 0.29) is 148 Å². The number of rotatable bonds is 10. The van der Waals surface area contributed by atoms with Gasteiger partial charge in [-0.1, -0.05) is 447 Å². The SMILES string of the molecule is [2H]c1c([2H])c([2H])c2c(-c3c(-c4cc(C)cc(C)c4)ccc4oc5ccccc5c34)c3c([2H])c([2H])c([2H])c([2H])c3c(-c3ccccc3)c2c1[2H].[2H]c1c([2H])c([2H])c2c(-c3cccc4ccccc34)c3c([2H])c([2H])c([2H])c([2H])c3c(-c3cc(-c4ccc(-c5ccccc5)c5ccccc45)c4oc5ccccc5c4c3)c2c1[2H].[2H]c1c([2H])c([2H])c2c(-c3cccc4ccccc34)c3c([2H])c([2H])c([2H])c([2H])c3c(-c3cc(-c4cccc5oc6ccccc6c45)c4oc5ccccc5c4c3)c2c1[2H]. The molecule has 0 unspecified atom stereocenters. The van der Waals surface area contributed by atoms with Crippen LogP contribution in [0.15, 0.2) is 515 Å². The van der Waals surface area contributed by atoms with E-state index in [4.69, 9.17) is 34.1 Å². The molecule has 0 N–H and O–H groups in total. The van der Waals surface area contributed by atoms with Crippen LogP contribution < -0.4 is 0 Å². The zero-order valence-electron chi connectivity index (χ0n) is 101. The smallest absolute Gasteiger partial charge is 0.143 e. The normalized spacial score (nSPS) is 14.2. The molecule has 0 amide bonds. The number of hydrogen-bond acceptors (Lipinski definition) is 4. The van der Waals surface area contributed by atoms with E-state index < -0.39 is 72.5 Å².